The molecule has 0 radical (unpaired) electrons. The van der Waals surface area contributed by atoms with E-state index in [1.165, 1.54) is 27.7 Å². The topological polar surface area (TPSA) is 43.4 Å². The van der Waals surface area contributed by atoms with Crippen LogP contribution in [0.15, 0.2) is 0 Å². The molecule has 0 unspecified atom stereocenters. The van der Waals surface area contributed by atoms with Crippen molar-refractivity contribution in [1.82, 2.24) is 0 Å². The van der Waals surface area contributed by atoms with E-state index in [0.29, 0.717) is 0 Å². The Morgan fingerprint density at radius 2 is 1.79 bits per heavy atom. The van der Waals surface area contributed by atoms with E-state index in [0.717, 1.165) is 0 Å². The van der Waals surface area contributed by atoms with Crippen molar-refractivity contribution in [1.29, 1.82) is 0 Å². The minimum Gasteiger partial charge on any atom is -0.461 e. The van der Waals surface area contributed by atoms with E-state index < -0.39 is 26.8 Å². The highest BCUT2D eigenvalue weighted by molar-refractivity contribution is 7.88. The third-order valence-corrected chi connectivity index (χ3v) is 3.05. The fourth-order valence-electron chi connectivity index (χ4n) is 0.675. The average molecular weight is 228 g/mol. The Hall–Kier alpha value is -0.520. The third kappa shape index (κ3) is 3.01. The number of hydrogen-bond donors (Lipinski definition) is 0. The maximum atomic E-state index is 13.1. The highest BCUT2D eigenvalue weighted by Crippen LogP contribution is 2.29. The number of esters is 1. The van der Waals surface area contributed by atoms with Crippen LogP contribution in [0.25, 0.3) is 0 Å². The third-order valence-electron chi connectivity index (χ3n) is 1.30. The summed E-state index contributed by atoms with van der Waals surface area (Å²) >= 11 is 0. The zero-order valence-corrected chi connectivity index (χ0v) is 9.41. The Balaban J connectivity index is 4.79. The molecular formula is C8H14F2O3S. The van der Waals surface area contributed by atoms with Gasteiger partial charge in [0.25, 0.3) is 0 Å². The number of hydrogen-bond acceptors (Lipinski definition) is 3. The fraction of sp³-hybridized carbons (Fsp3) is 0.875. The molecule has 0 bridgehead atoms. The van der Waals surface area contributed by atoms with Crippen molar-refractivity contribution in [2.45, 2.75) is 37.7 Å². The Morgan fingerprint density at radius 3 is 2.07 bits per heavy atom. The number of rotatable bonds is 3. The second-order valence-corrected chi connectivity index (χ2v) is 5.89. The number of alkyl halides is 2. The SMILES string of the molecule is CCOC(=O)C(F)(F)[S@](=O)C(C)(C)C. The van der Waals surface area contributed by atoms with Crippen LogP contribution in [0.5, 0.6) is 0 Å². The number of ether oxygens (including phenoxy) is 1. The summed E-state index contributed by atoms with van der Waals surface area (Å²) in [6.07, 6.45) is 0. The first-order valence-corrected chi connectivity index (χ1v) is 5.26. The minimum absolute atomic E-state index is 0.157. The van der Waals surface area contributed by atoms with Crippen LogP contribution in [0.2, 0.25) is 0 Å². The summed E-state index contributed by atoms with van der Waals surface area (Å²) in [5, 5.41) is -3.94. The van der Waals surface area contributed by atoms with E-state index in [1.54, 1.807) is 0 Å². The highest BCUT2D eigenvalue weighted by atomic mass is 32.2. The Labute approximate surface area is 84.3 Å². The van der Waals surface area contributed by atoms with Gasteiger partial charge in [0.2, 0.25) is 0 Å². The predicted octanol–water partition coefficient (Wildman–Crippen LogP) is 1.69. The lowest BCUT2D eigenvalue weighted by molar-refractivity contribution is -0.160. The monoisotopic (exact) mass is 228 g/mol. The molecule has 0 aromatic heterocycles. The van der Waals surface area contributed by atoms with Crippen molar-refractivity contribution in [3.63, 3.8) is 0 Å². The molecule has 0 saturated heterocycles. The molecule has 0 aliphatic carbocycles. The van der Waals surface area contributed by atoms with Crippen LogP contribution in [0.4, 0.5) is 8.78 Å². The van der Waals surface area contributed by atoms with Gasteiger partial charge in [-0.2, -0.15) is 8.78 Å². The van der Waals surface area contributed by atoms with Crippen LogP contribution < -0.4 is 0 Å². The van der Waals surface area contributed by atoms with Gasteiger partial charge in [0.15, 0.2) is 0 Å². The number of halogens is 2. The van der Waals surface area contributed by atoms with Crippen molar-refractivity contribution in [3.8, 4) is 0 Å². The van der Waals surface area contributed by atoms with Gasteiger partial charge in [-0.1, -0.05) is 0 Å². The van der Waals surface area contributed by atoms with Gasteiger partial charge in [-0.25, -0.2) is 4.79 Å². The Morgan fingerprint density at radius 1 is 1.36 bits per heavy atom. The van der Waals surface area contributed by atoms with E-state index >= 15 is 0 Å². The van der Waals surface area contributed by atoms with Crippen LogP contribution >= 0.6 is 0 Å². The maximum absolute atomic E-state index is 13.1. The van der Waals surface area contributed by atoms with E-state index in [1.807, 2.05) is 0 Å². The molecule has 0 saturated carbocycles. The molecule has 1 atom stereocenters. The molecule has 0 amide bonds. The lowest BCUT2D eigenvalue weighted by Crippen LogP contribution is -2.43. The van der Waals surface area contributed by atoms with Gasteiger partial charge >= 0.3 is 11.2 Å². The molecule has 0 aromatic carbocycles. The summed E-state index contributed by atoms with van der Waals surface area (Å²) in [5.41, 5.74) is 0. The van der Waals surface area contributed by atoms with Crippen LogP contribution in [0.3, 0.4) is 0 Å². The van der Waals surface area contributed by atoms with E-state index in [4.69, 9.17) is 0 Å². The van der Waals surface area contributed by atoms with Crippen LogP contribution in [0.1, 0.15) is 27.7 Å². The lowest BCUT2D eigenvalue weighted by Gasteiger charge is -2.23. The van der Waals surface area contributed by atoms with Gasteiger partial charge in [0.1, 0.15) is 10.8 Å². The summed E-state index contributed by atoms with van der Waals surface area (Å²) < 4.78 is 40.5. The van der Waals surface area contributed by atoms with Crippen LogP contribution in [-0.4, -0.2) is 26.8 Å². The Kier molecular flexibility index (Phi) is 4.17. The summed E-state index contributed by atoms with van der Waals surface area (Å²) in [4.78, 5) is 10.8. The van der Waals surface area contributed by atoms with Crippen molar-refractivity contribution >= 4 is 16.8 Å². The summed E-state index contributed by atoms with van der Waals surface area (Å²) in [6, 6.07) is 0. The molecule has 0 fully saturated rings. The molecule has 0 aliphatic rings. The summed E-state index contributed by atoms with van der Waals surface area (Å²) in [5.74, 6) is -1.73. The Bertz CT molecular complexity index is 245. The van der Waals surface area contributed by atoms with Gasteiger partial charge in [0, 0.05) is 4.75 Å². The molecule has 84 valence electrons. The molecular weight excluding hydrogens is 214 g/mol. The number of carbonyl (C=O) groups is 1. The van der Waals surface area contributed by atoms with Gasteiger partial charge in [-0.15, -0.1) is 0 Å². The highest BCUT2D eigenvalue weighted by Gasteiger charge is 2.51. The van der Waals surface area contributed by atoms with Gasteiger partial charge < -0.3 is 4.74 Å². The second kappa shape index (κ2) is 4.33. The standard InChI is InChI=1S/C8H14F2O3S/c1-5-13-6(11)8(9,10)14(12)7(2,3)4/h5H2,1-4H3/t14-/m1/s1. The molecule has 6 heteroatoms. The molecule has 0 spiro atoms. The molecule has 0 N–H and O–H groups in total. The molecule has 14 heavy (non-hydrogen) atoms. The largest absolute Gasteiger partial charge is 0.461 e. The zero-order chi connectivity index (χ0) is 11.6. The first-order valence-electron chi connectivity index (χ1n) is 4.11. The quantitative estimate of drug-likeness (QED) is 0.690. The van der Waals surface area contributed by atoms with E-state index in [9.17, 15) is 17.8 Å². The van der Waals surface area contributed by atoms with Gasteiger partial charge in [-0.05, 0) is 27.7 Å². The molecule has 0 aliphatic heterocycles. The smallest absolute Gasteiger partial charge is 0.416 e. The van der Waals surface area contributed by atoms with E-state index in [-0.39, 0.29) is 6.61 Å². The predicted molar refractivity (Wildman–Crippen MR) is 49.5 cm³/mol. The van der Waals surface area contributed by atoms with Crippen molar-refractivity contribution < 1.29 is 22.5 Å². The maximum Gasteiger partial charge on any atom is 0.416 e. The fourth-order valence-corrected chi connectivity index (χ4v) is 1.65. The van der Waals surface area contributed by atoms with Crippen molar-refractivity contribution in [2.75, 3.05) is 6.61 Å². The summed E-state index contributed by atoms with van der Waals surface area (Å²) in [6.45, 7) is 5.37. The minimum atomic E-state index is -3.94. The average Bonchev–Trinajstić information content (AvgIpc) is 2.01. The van der Waals surface area contributed by atoms with Crippen molar-refractivity contribution in [2.24, 2.45) is 0 Å². The lowest BCUT2D eigenvalue weighted by atomic mass is 10.3. The van der Waals surface area contributed by atoms with E-state index in [2.05, 4.69) is 4.74 Å². The van der Waals surface area contributed by atoms with Crippen LogP contribution in [0, 0.1) is 0 Å². The molecule has 0 aromatic rings. The summed E-state index contributed by atoms with van der Waals surface area (Å²) in [7, 11) is -2.59. The molecule has 0 rings (SSSR count). The number of carbonyl (C=O) groups excluding carboxylic acids is 1. The first-order chi connectivity index (χ1) is 6.14. The molecule has 3 nitrogen and oxygen atoms in total. The van der Waals surface area contributed by atoms with Gasteiger partial charge in [-0.3, -0.25) is 4.21 Å². The molecule has 0 heterocycles. The first kappa shape index (κ1) is 13.5. The second-order valence-electron chi connectivity index (χ2n) is 3.62. The van der Waals surface area contributed by atoms with Crippen molar-refractivity contribution in [3.05, 3.63) is 0 Å². The normalized spacial score (nSPS) is 15.0. The van der Waals surface area contributed by atoms with Gasteiger partial charge in [0.05, 0.1) is 6.61 Å². The zero-order valence-electron chi connectivity index (χ0n) is 8.60. The van der Waals surface area contributed by atoms with Crippen LogP contribution in [-0.2, 0) is 20.3 Å².